The molecule has 3 nitrogen and oxygen atoms in total. The minimum Gasteiger partial charge on any atom is -0.505 e. The van der Waals surface area contributed by atoms with Crippen molar-refractivity contribution in [2.45, 2.75) is 6.92 Å². The number of hydrogen-bond donors (Lipinski definition) is 2. The molecule has 0 saturated carbocycles. The van der Waals surface area contributed by atoms with Gasteiger partial charge in [0.15, 0.2) is 5.75 Å². The van der Waals surface area contributed by atoms with Crippen LogP contribution in [0.25, 0.3) is 0 Å². The highest BCUT2D eigenvalue weighted by molar-refractivity contribution is 6.37. The summed E-state index contributed by atoms with van der Waals surface area (Å²) in [5.41, 5.74) is 0.563. The predicted octanol–water partition coefficient (Wildman–Crippen LogP) is 4.40. The van der Waals surface area contributed by atoms with Crippen molar-refractivity contribution in [3.63, 3.8) is 0 Å². The van der Waals surface area contributed by atoms with E-state index in [0.29, 0.717) is 5.56 Å². The fourth-order valence-electron chi connectivity index (χ4n) is 1.66. The van der Waals surface area contributed by atoms with Gasteiger partial charge in [0.05, 0.1) is 15.6 Å². The lowest BCUT2D eigenvalue weighted by molar-refractivity contribution is 0.102. The van der Waals surface area contributed by atoms with Crippen LogP contribution in [0.4, 0.5) is 10.1 Å². The SMILES string of the molecule is Cc1cccc(C(=O)Nc2cc(Cl)c(O)c(Cl)c2)c1F. The van der Waals surface area contributed by atoms with Gasteiger partial charge in [-0.25, -0.2) is 4.39 Å². The van der Waals surface area contributed by atoms with Gasteiger partial charge in [0.25, 0.3) is 5.91 Å². The van der Waals surface area contributed by atoms with Crippen molar-refractivity contribution in [2.75, 3.05) is 5.32 Å². The maximum atomic E-state index is 13.8. The van der Waals surface area contributed by atoms with Gasteiger partial charge in [0.2, 0.25) is 0 Å². The summed E-state index contributed by atoms with van der Waals surface area (Å²) in [4.78, 5) is 12.0. The van der Waals surface area contributed by atoms with E-state index in [1.54, 1.807) is 19.1 Å². The fourth-order valence-corrected chi connectivity index (χ4v) is 2.15. The molecule has 2 aromatic carbocycles. The highest BCUT2D eigenvalue weighted by atomic mass is 35.5. The Bertz CT molecular complexity index is 666. The Kier molecular flexibility index (Phi) is 4.16. The monoisotopic (exact) mass is 313 g/mol. The number of aryl methyl sites for hydroxylation is 1. The molecule has 0 aromatic heterocycles. The zero-order chi connectivity index (χ0) is 14.9. The molecule has 0 aliphatic carbocycles. The number of phenols is 1. The number of amides is 1. The minimum atomic E-state index is -0.621. The van der Waals surface area contributed by atoms with Gasteiger partial charge in [-0.15, -0.1) is 0 Å². The second kappa shape index (κ2) is 5.69. The zero-order valence-electron chi connectivity index (χ0n) is 10.4. The molecule has 2 N–H and O–H groups in total. The first-order valence-corrected chi connectivity index (χ1v) is 6.40. The van der Waals surface area contributed by atoms with Crippen molar-refractivity contribution in [1.82, 2.24) is 0 Å². The summed E-state index contributed by atoms with van der Waals surface area (Å²) in [5, 5.41) is 11.9. The summed E-state index contributed by atoms with van der Waals surface area (Å²) in [6.45, 7) is 1.57. The number of rotatable bonds is 2. The van der Waals surface area contributed by atoms with E-state index in [2.05, 4.69) is 5.32 Å². The van der Waals surface area contributed by atoms with Crippen molar-refractivity contribution in [2.24, 2.45) is 0 Å². The Morgan fingerprint density at radius 3 is 2.45 bits per heavy atom. The second-order valence-corrected chi connectivity index (χ2v) is 4.99. The van der Waals surface area contributed by atoms with Gasteiger partial charge in [-0.2, -0.15) is 0 Å². The van der Waals surface area contributed by atoms with Crippen molar-refractivity contribution < 1.29 is 14.3 Å². The molecule has 6 heteroatoms. The third-order valence-electron chi connectivity index (χ3n) is 2.71. The van der Waals surface area contributed by atoms with Crippen molar-refractivity contribution >= 4 is 34.8 Å². The highest BCUT2D eigenvalue weighted by Crippen LogP contribution is 2.34. The molecule has 0 spiro atoms. The lowest BCUT2D eigenvalue weighted by Gasteiger charge is -2.09. The average molecular weight is 314 g/mol. The van der Waals surface area contributed by atoms with Gasteiger partial charge < -0.3 is 10.4 Å². The number of nitrogens with one attached hydrogen (secondary N) is 1. The van der Waals surface area contributed by atoms with E-state index in [1.165, 1.54) is 18.2 Å². The van der Waals surface area contributed by atoms with Crippen molar-refractivity contribution in [3.8, 4) is 5.75 Å². The molecular formula is C14H10Cl2FNO2. The Labute approximate surface area is 124 Å². The van der Waals surface area contributed by atoms with E-state index >= 15 is 0 Å². The Hall–Kier alpha value is -1.78. The van der Waals surface area contributed by atoms with E-state index in [-0.39, 0.29) is 27.0 Å². The number of carbonyl (C=O) groups is 1. The first-order chi connectivity index (χ1) is 9.40. The molecule has 2 aromatic rings. The molecule has 0 aliphatic rings. The van der Waals surface area contributed by atoms with Crippen LogP contribution in [0.2, 0.25) is 10.0 Å². The van der Waals surface area contributed by atoms with Crippen LogP contribution in [0, 0.1) is 12.7 Å². The first-order valence-electron chi connectivity index (χ1n) is 5.64. The van der Waals surface area contributed by atoms with E-state index in [0.717, 1.165) is 0 Å². The van der Waals surface area contributed by atoms with E-state index in [9.17, 15) is 14.3 Å². The third-order valence-corrected chi connectivity index (χ3v) is 3.29. The molecule has 0 bridgehead atoms. The number of hydrogen-bond acceptors (Lipinski definition) is 2. The molecule has 0 aliphatic heterocycles. The van der Waals surface area contributed by atoms with Crippen molar-refractivity contribution in [3.05, 3.63) is 57.3 Å². The van der Waals surface area contributed by atoms with Crippen LogP contribution in [-0.2, 0) is 0 Å². The molecule has 0 fully saturated rings. The summed E-state index contributed by atoms with van der Waals surface area (Å²) in [7, 11) is 0. The normalized spacial score (nSPS) is 10.4. The highest BCUT2D eigenvalue weighted by Gasteiger charge is 2.14. The van der Waals surface area contributed by atoms with E-state index < -0.39 is 11.7 Å². The molecule has 0 unspecified atom stereocenters. The molecule has 0 saturated heterocycles. The van der Waals surface area contributed by atoms with Crippen LogP contribution in [0.15, 0.2) is 30.3 Å². The molecule has 104 valence electrons. The molecule has 20 heavy (non-hydrogen) atoms. The Morgan fingerprint density at radius 2 is 1.85 bits per heavy atom. The van der Waals surface area contributed by atoms with Crippen LogP contribution in [-0.4, -0.2) is 11.0 Å². The van der Waals surface area contributed by atoms with Crippen LogP contribution in [0.3, 0.4) is 0 Å². The fraction of sp³-hybridized carbons (Fsp3) is 0.0714. The van der Waals surface area contributed by atoms with Crippen LogP contribution < -0.4 is 5.32 Å². The van der Waals surface area contributed by atoms with Crippen LogP contribution in [0.5, 0.6) is 5.75 Å². The molecule has 0 radical (unpaired) electrons. The van der Waals surface area contributed by atoms with Gasteiger partial charge in [0, 0.05) is 5.69 Å². The van der Waals surface area contributed by atoms with E-state index in [1.807, 2.05) is 0 Å². The molecule has 2 rings (SSSR count). The first kappa shape index (κ1) is 14.6. The van der Waals surface area contributed by atoms with Gasteiger partial charge in [-0.1, -0.05) is 35.3 Å². The quantitative estimate of drug-likeness (QED) is 0.807. The smallest absolute Gasteiger partial charge is 0.258 e. The Balaban J connectivity index is 2.30. The number of anilines is 1. The van der Waals surface area contributed by atoms with Crippen molar-refractivity contribution in [1.29, 1.82) is 0 Å². The lowest BCUT2D eigenvalue weighted by atomic mass is 10.1. The average Bonchev–Trinajstić information content (AvgIpc) is 2.39. The number of halogens is 3. The summed E-state index contributed by atoms with van der Waals surface area (Å²) in [6, 6.07) is 7.19. The van der Waals surface area contributed by atoms with Crippen LogP contribution in [0.1, 0.15) is 15.9 Å². The largest absolute Gasteiger partial charge is 0.505 e. The van der Waals surface area contributed by atoms with Gasteiger partial charge in [0.1, 0.15) is 5.82 Å². The number of carbonyl (C=O) groups excluding carboxylic acids is 1. The number of phenolic OH excluding ortho intramolecular Hbond substituents is 1. The predicted molar refractivity (Wildman–Crippen MR) is 77.2 cm³/mol. The summed E-state index contributed by atoms with van der Waals surface area (Å²) in [6.07, 6.45) is 0. The molecule has 1 amide bonds. The number of benzene rings is 2. The number of aromatic hydroxyl groups is 1. The molecule has 0 atom stereocenters. The van der Waals surface area contributed by atoms with Gasteiger partial charge in [-0.05, 0) is 30.7 Å². The Morgan fingerprint density at radius 1 is 1.25 bits per heavy atom. The maximum absolute atomic E-state index is 13.8. The standard InChI is InChI=1S/C14H10Cl2FNO2/c1-7-3-2-4-9(12(7)17)14(20)18-8-5-10(15)13(19)11(16)6-8/h2-6,19H,1H3,(H,18,20). The summed E-state index contributed by atoms with van der Waals surface area (Å²) in [5.74, 6) is -1.47. The zero-order valence-corrected chi connectivity index (χ0v) is 11.9. The minimum absolute atomic E-state index is 0.00230. The van der Waals surface area contributed by atoms with Crippen LogP contribution >= 0.6 is 23.2 Å². The van der Waals surface area contributed by atoms with Gasteiger partial charge >= 0.3 is 0 Å². The third kappa shape index (κ3) is 2.86. The van der Waals surface area contributed by atoms with E-state index in [4.69, 9.17) is 23.2 Å². The topological polar surface area (TPSA) is 49.3 Å². The maximum Gasteiger partial charge on any atom is 0.258 e. The van der Waals surface area contributed by atoms with Gasteiger partial charge in [-0.3, -0.25) is 4.79 Å². The lowest BCUT2D eigenvalue weighted by Crippen LogP contribution is -2.14. The molecule has 0 heterocycles. The summed E-state index contributed by atoms with van der Waals surface area (Å²) >= 11 is 11.5. The molecular weight excluding hydrogens is 304 g/mol. The summed E-state index contributed by atoms with van der Waals surface area (Å²) < 4.78 is 13.8. The second-order valence-electron chi connectivity index (χ2n) is 4.18.